The molecule has 2 heterocycles. The number of nitrogens with zero attached hydrogens (tertiary/aromatic N) is 2. The monoisotopic (exact) mass is 579 g/mol. The first-order valence-electron chi connectivity index (χ1n) is 10.9. The molecule has 0 spiro atoms. The number of urea groups is 1. The quantitative estimate of drug-likeness (QED) is 0.228. The smallest absolute Gasteiger partial charge is 0.308 e. The highest BCUT2D eigenvalue weighted by Gasteiger charge is 2.15. The summed E-state index contributed by atoms with van der Waals surface area (Å²) in [5.74, 6) is -0.558. The van der Waals surface area contributed by atoms with Crippen molar-refractivity contribution in [1.82, 2.24) is 15.2 Å². The molecule has 2 aromatic heterocycles. The number of rotatable bonds is 5. The predicted octanol–water partition coefficient (Wildman–Crippen LogP) is 6.24. The molecule has 8 nitrogen and oxygen atoms in total. The second-order valence-corrected chi connectivity index (χ2v) is 11.2. The van der Waals surface area contributed by atoms with Crippen molar-refractivity contribution < 1.29 is 17.6 Å². The molecule has 3 aromatic carbocycles. The Balaban J connectivity index is 1.47. The van der Waals surface area contributed by atoms with E-state index in [9.17, 15) is 17.6 Å². The third kappa shape index (κ3) is 5.52. The summed E-state index contributed by atoms with van der Waals surface area (Å²) in [6, 6.07) is 19.0. The average molecular weight is 580 g/mol. The van der Waals surface area contributed by atoms with Crippen molar-refractivity contribution in [2.45, 2.75) is 4.90 Å². The lowest BCUT2D eigenvalue weighted by Gasteiger charge is -2.09. The van der Waals surface area contributed by atoms with Gasteiger partial charge < -0.3 is 10.6 Å². The first-order valence-corrected chi connectivity index (χ1v) is 13.6. The SMILES string of the molecule is CS(=O)(=O)c1cccc(-c2cnc3[nH]nc(-c4cc(F)cc(NC(=O)Nc5ccc(Br)cc5)c4)c3c2)c1. The fourth-order valence-electron chi connectivity index (χ4n) is 3.81. The van der Waals surface area contributed by atoms with Gasteiger partial charge in [-0.1, -0.05) is 28.1 Å². The highest BCUT2D eigenvalue weighted by Crippen LogP contribution is 2.32. The van der Waals surface area contributed by atoms with Crippen molar-refractivity contribution in [3.63, 3.8) is 0 Å². The number of sulfone groups is 1. The van der Waals surface area contributed by atoms with E-state index >= 15 is 0 Å². The van der Waals surface area contributed by atoms with Gasteiger partial charge in [0.05, 0.1) is 4.90 Å². The van der Waals surface area contributed by atoms with Crippen molar-refractivity contribution in [2.24, 2.45) is 0 Å². The van der Waals surface area contributed by atoms with Crippen LogP contribution in [-0.4, -0.2) is 35.9 Å². The fraction of sp³-hybridized carbons (Fsp3) is 0.0385. The van der Waals surface area contributed by atoms with Gasteiger partial charge in [0.1, 0.15) is 11.5 Å². The molecule has 0 saturated carbocycles. The number of anilines is 2. The summed E-state index contributed by atoms with van der Waals surface area (Å²) in [5.41, 5.74) is 3.48. The molecular weight excluding hydrogens is 561 g/mol. The van der Waals surface area contributed by atoms with Gasteiger partial charge >= 0.3 is 6.03 Å². The minimum atomic E-state index is -3.38. The molecule has 11 heteroatoms. The Morgan fingerprint density at radius 1 is 0.919 bits per heavy atom. The van der Waals surface area contributed by atoms with Gasteiger partial charge in [-0.2, -0.15) is 5.10 Å². The average Bonchev–Trinajstić information content (AvgIpc) is 3.28. The maximum absolute atomic E-state index is 14.6. The Morgan fingerprint density at radius 2 is 1.68 bits per heavy atom. The van der Waals surface area contributed by atoms with E-state index in [0.29, 0.717) is 39.1 Å². The third-order valence-corrected chi connectivity index (χ3v) is 7.18. The highest BCUT2D eigenvalue weighted by atomic mass is 79.9. The van der Waals surface area contributed by atoms with Crippen LogP contribution in [0.15, 0.2) is 88.4 Å². The first kappa shape index (κ1) is 24.6. The molecule has 0 aliphatic carbocycles. The summed E-state index contributed by atoms with van der Waals surface area (Å²) in [6.45, 7) is 0. The number of aromatic nitrogens is 3. The molecule has 5 rings (SSSR count). The number of H-pyrrole nitrogens is 1. The lowest BCUT2D eigenvalue weighted by molar-refractivity contribution is 0.262. The van der Waals surface area contributed by atoms with Gasteiger partial charge in [0.2, 0.25) is 0 Å². The molecule has 3 N–H and O–H groups in total. The van der Waals surface area contributed by atoms with E-state index in [2.05, 4.69) is 41.7 Å². The predicted molar refractivity (Wildman–Crippen MR) is 145 cm³/mol. The lowest BCUT2D eigenvalue weighted by Crippen LogP contribution is -2.19. The molecule has 0 unspecified atom stereocenters. The standard InChI is InChI=1S/C26H19BrFN5O3S/c1-37(35,36)22-4-2-3-15(11-22)17-12-23-24(32-33-25(23)29-14-17)16-9-19(28)13-21(10-16)31-26(34)30-20-7-5-18(27)6-8-20/h2-14H,1H3,(H,29,32,33)(H2,30,31,34). The van der Waals surface area contributed by atoms with Gasteiger partial charge in [-0.3, -0.25) is 5.10 Å². The maximum Gasteiger partial charge on any atom is 0.323 e. The number of pyridine rings is 1. The Hall–Kier alpha value is -4.09. The number of aromatic amines is 1. The second-order valence-electron chi connectivity index (χ2n) is 8.31. The fourth-order valence-corrected chi connectivity index (χ4v) is 4.74. The van der Waals surface area contributed by atoms with E-state index in [1.807, 2.05) is 0 Å². The lowest BCUT2D eigenvalue weighted by atomic mass is 10.0. The van der Waals surface area contributed by atoms with Crippen LogP contribution in [0.2, 0.25) is 0 Å². The Kier molecular flexibility index (Phi) is 6.48. The molecule has 0 radical (unpaired) electrons. The molecule has 0 saturated heterocycles. The van der Waals surface area contributed by atoms with E-state index in [4.69, 9.17) is 0 Å². The summed E-state index contributed by atoms with van der Waals surface area (Å²) >= 11 is 3.34. The summed E-state index contributed by atoms with van der Waals surface area (Å²) in [5, 5.41) is 13.1. The van der Waals surface area contributed by atoms with E-state index in [1.54, 1.807) is 60.8 Å². The molecule has 186 valence electrons. The van der Waals surface area contributed by atoms with Crippen LogP contribution in [-0.2, 0) is 9.84 Å². The van der Waals surface area contributed by atoms with Crippen LogP contribution in [0.5, 0.6) is 0 Å². The van der Waals surface area contributed by atoms with Gasteiger partial charge in [-0.15, -0.1) is 0 Å². The number of hydrogen-bond donors (Lipinski definition) is 3. The number of halogens is 2. The number of carbonyl (C=O) groups is 1. The van der Waals surface area contributed by atoms with Gasteiger partial charge in [0.15, 0.2) is 15.5 Å². The molecule has 5 aromatic rings. The van der Waals surface area contributed by atoms with Crippen molar-refractivity contribution in [2.75, 3.05) is 16.9 Å². The summed E-state index contributed by atoms with van der Waals surface area (Å²) in [7, 11) is -3.38. The molecule has 37 heavy (non-hydrogen) atoms. The topological polar surface area (TPSA) is 117 Å². The van der Waals surface area contributed by atoms with E-state index in [1.165, 1.54) is 18.2 Å². The first-order chi connectivity index (χ1) is 17.7. The van der Waals surface area contributed by atoms with Crippen LogP contribution in [0.1, 0.15) is 0 Å². The number of amides is 2. The minimum absolute atomic E-state index is 0.194. The number of benzene rings is 3. The maximum atomic E-state index is 14.6. The van der Waals surface area contributed by atoms with E-state index in [-0.39, 0.29) is 10.6 Å². The molecule has 0 atom stereocenters. The molecule has 2 amide bonds. The number of carbonyl (C=O) groups excluding carboxylic acids is 1. The van der Waals surface area contributed by atoms with Crippen LogP contribution < -0.4 is 10.6 Å². The molecule has 0 aliphatic rings. The molecule has 0 fully saturated rings. The number of hydrogen-bond acceptors (Lipinski definition) is 5. The summed E-state index contributed by atoms with van der Waals surface area (Å²) in [4.78, 5) is 17.0. The Morgan fingerprint density at radius 3 is 2.43 bits per heavy atom. The van der Waals surface area contributed by atoms with Crippen molar-refractivity contribution >= 4 is 54.2 Å². The largest absolute Gasteiger partial charge is 0.323 e. The van der Waals surface area contributed by atoms with Crippen molar-refractivity contribution in [3.8, 4) is 22.4 Å². The zero-order valence-corrected chi connectivity index (χ0v) is 21.7. The van der Waals surface area contributed by atoms with Crippen LogP contribution in [0.4, 0.5) is 20.6 Å². The van der Waals surface area contributed by atoms with Crippen LogP contribution in [0.3, 0.4) is 0 Å². The zero-order valence-electron chi connectivity index (χ0n) is 19.3. The molecule has 0 aliphatic heterocycles. The summed E-state index contributed by atoms with van der Waals surface area (Å²) < 4.78 is 39.4. The van der Waals surface area contributed by atoms with Crippen molar-refractivity contribution in [1.29, 1.82) is 0 Å². The Bertz CT molecular complexity index is 1750. The van der Waals surface area contributed by atoms with Crippen molar-refractivity contribution in [3.05, 3.63) is 89.3 Å². The van der Waals surface area contributed by atoms with Crippen LogP contribution in [0, 0.1) is 5.82 Å². The second kappa shape index (κ2) is 9.75. The molecule has 0 bridgehead atoms. The number of nitrogens with one attached hydrogen (secondary N) is 3. The normalized spacial score (nSPS) is 11.4. The zero-order chi connectivity index (χ0) is 26.2. The van der Waals surface area contributed by atoms with Gasteiger partial charge in [-0.05, 0) is 66.2 Å². The minimum Gasteiger partial charge on any atom is -0.308 e. The molecular formula is C26H19BrFN5O3S. The van der Waals surface area contributed by atoms with E-state index < -0.39 is 21.7 Å². The summed E-state index contributed by atoms with van der Waals surface area (Å²) in [6.07, 6.45) is 2.76. The van der Waals surface area contributed by atoms with E-state index in [0.717, 1.165) is 10.7 Å². The van der Waals surface area contributed by atoms with Gasteiger partial charge in [-0.25, -0.2) is 22.6 Å². The van der Waals surface area contributed by atoms with Gasteiger partial charge in [0.25, 0.3) is 0 Å². The highest BCUT2D eigenvalue weighted by molar-refractivity contribution is 9.10. The van der Waals surface area contributed by atoms with Crippen LogP contribution in [0.25, 0.3) is 33.4 Å². The van der Waals surface area contributed by atoms with Crippen LogP contribution >= 0.6 is 15.9 Å². The van der Waals surface area contributed by atoms with Gasteiger partial charge in [0, 0.05) is 44.8 Å². The Labute approximate surface area is 220 Å². The number of fused-ring (bicyclic) bond motifs is 1. The third-order valence-electron chi connectivity index (χ3n) is 5.54.